The number of halogens is 1. The Kier molecular flexibility index (Phi) is 8.48. The molecule has 0 saturated carbocycles. The summed E-state index contributed by atoms with van der Waals surface area (Å²) in [5.74, 6) is 3.15. The van der Waals surface area contributed by atoms with Gasteiger partial charge in [-0.1, -0.05) is 6.07 Å². The molecular weight excluding hydrogens is 473 g/mol. The Morgan fingerprint density at radius 3 is 2.85 bits per heavy atom. The molecule has 0 aromatic carbocycles. The molecule has 8 heteroatoms. The molecule has 1 atom stereocenters. The summed E-state index contributed by atoms with van der Waals surface area (Å²) in [5, 5.41) is 3.49. The molecule has 3 rings (SSSR count). The number of nitrogens with zero attached hydrogens (tertiary/aromatic N) is 4. The number of morpholine rings is 1. The van der Waals surface area contributed by atoms with Crippen molar-refractivity contribution in [2.75, 3.05) is 50.5 Å². The van der Waals surface area contributed by atoms with Gasteiger partial charge in [-0.3, -0.25) is 4.99 Å². The number of hydrogen-bond donors (Lipinski definition) is 1. The van der Waals surface area contributed by atoms with Crippen molar-refractivity contribution in [1.29, 1.82) is 0 Å². The molecule has 2 saturated heterocycles. The second-order valence-corrected chi connectivity index (χ2v) is 9.38. The summed E-state index contributed by atoms with van der Waals surface area (Å²) in [6.45, 7) is 12.1. The van der Waals surface area contributed by atoms with Gasteiger partial charge >= 0.3 is 0 Å². The highest BCUT2D eigenvalue weighted by atomic mass is 127. The predicted molar refractivity (Wildman–Crippen MR) is 126 cm³/mol. The highest BCUT2D eigenvalue weighted by molar-refractivity contribution is 14.0. The van der Waals surface area contributed by atoms with E-state index in [-0.39, 0.29) is 34.8 Å². The average Bonchev–Trinajstić information content (AvgIpc) is 2.62. The van der Waals surface area contributed by atoms with Crippen molar-refractivity contribution in [3.05, 3.63) is 23.9 Å². The van der Waals surface area contributed by atoms with Gasteiger partial charge in [-0.05, 0) is 32.4 Å². The molecule has 1 aromatic heterocycles. The lowest BCUT2D eigenvalue weighted by molar-refractivity contribution is 0.0529. The molecule has 6 nitrogen and oxygen atoms in total. The van der Waals surface area contributed by atoms with Gasteiger partial charge in [0.25, 0.3) is 0 Å². The minimum Gasteiger partial charge on any atom is -0.375 e. The maximum Gasteiger partial charge on any atom is 0.193 e. The number of guanidine groups is 1. The average molecular weight is 505 g/mol. The molecule has 0 aliphatic carbocycles. The zero-order chi connectivity index (χ0) is 18.6. The zero-order valence-corrected chi connectivity index (χ0v) is 19.9. The van der Waals surface area contributed by atoms with Gasteiger partial charge < -0.3 is 19.9 Å². The van der Waals surface area contributed by atoms with Gasteiger partial charge in [0.15, 0.2) is 5.96 Å². The maximum atomic E-state index is 5.60. The van der Waals surface area contributed by atoms with Crippen LogP contribution in [-0.4, -0.2) is 72.3 Å². The van der Waals surface area contributed by atoms with Gasteiger partial charge in [0, 0.05) is 56.5 Å². The molecule has 27 heavy (non-hydrogen) atoms. The van der Waals surface area contributed by atoms with Crippen molar-refractivity contribution in [2.24, 2.45) is 4.99 Å². The summed E-state index contributed by atoms with van der Waals surface area (Å²) < 4.78 is 5.88. The first kappa shape index (κ1) is 22.5. The largest absolute Gasteiger partial charge is 0.375 e. The number of aliphatic imine (C=N–C) groups is 1. The number of hydrogen-bond acceptors (Lipinski definition) is 5. The van der Waals surface area contributed by atoms with Crippen LogP contribution in [0.5, 0.6) is 0 Å². The summed E-state index contributed by atoms with van der Waals surface area (Å²) in [4.78, 5) is 13.8. The van der Waals surface area contributed by atoms with Crippen molar-refractivity contribution in [3.63, 3.8) is 0 Å². The van der Waals surface area contributed by atoms with Gasteiger partial charge in [-0.15, -0.1) is 24.0 Å². The van der Waals surface area contributed by atoms with Crippen LogP contribution in [0.25, 0.3) is 0 Å². The fourth-order valence-corrected chi connectivity index (χ4v) is 4.56. The Bertz CT molecular complexity index is 625. The van der Waals surface area contributed by atoms with Crippen molar-refractivity contribution >= 4 is 47.5 Å². The van der Waals surface area contributed by atoms with E-state index in [1.807, 2.05) is 25.0 Å². The normalized spacial score (nSPS) is 23.0. The van der Waals surface area contributed by atoms with E-state index in [0.29, 0.717) is 0 Å². The minimum atomic E-state index is 0. The molecule has 0 spiro atoms. The molecule has 1 unspecified atom stereocenters. The quantitative estimate of drug-likeness (QED) is 0.388. The highest BCUT2D eigenvalue weighted by Crippen LogP contribution is 2.29. The van der Waals surface area contributed by atoms with Gasteiger partial charge in [-0.25, -0.2) is 4.98 Å². The molecule has 2 aliphatic rings. The van der Waals surface area contributed by atoms with Crippen LogP contribution in [0.15, 0.2) is 23.3 Å². The summed E-state index contributed by atoms with van der Waals surface area (Å²) in [5.41, 5.74) is 1.17. The lowest BCUT2D eigenvalue weighted by Gasteiger charge is -2.39. The Morgan fingerprint density at radius 1 is 1.41 bits per heavy atom. The highest BCUT2D eigenvalue weighted by Gasteiger charge is 2.28. The van der Waals surface area contributed by atoms with Crippen molar-refractivity contribution in [1.82, 2.24) is 15.2 Å². The first-order chi connectivity index (χ1) is 12.5. The van der Waals surface area contributed by atoms with Crippen LogP contribution in [0.3, 0.4) is 0 Å². The van der Waals surface area contributed by atoms with Crippen LogP contribution >= 0.6 is 35.7 Å². The molecule has 1 N–H and O–H groups in total. The topological polar surface area (TPSA) is 53.0 Å². The molecule has 2 fully saturated rings. The first-order valence-corrected chi connectivity index (χ1v) is 10.4. The SMILES string of the molecule is CN=C(NCc1ccc(N2CCOC(C)C2)nc1)N1CCSC(C)(C)C1.I. The van der Waals surface area contributed by atoms with Crippen molar-refractivity contribution in [2.45, 2.75) is 38.2 Å². The molecule has 152 valence electrons. The van der Waals surface area contributed by atoms with Crippen LogP contribution in [0.2, 0.25) is 0 Å². The molecule has 0 radical (unpaired) electrons. The van der Waals surface area contributed by atoms with Crippen LogP contribution in [0.1, 0.15) is 26.3 Å². The number of rotatable bonds is 3. The van der Waals surface area contributed by atoms with Gasteiger partial charge in [-0.2, -0.15) is 11.8 Å². The van der Waals surface area contributed by atoms with Gasteiger partial charge in [0.2, 0.25) is 0 Å². The number of nitrogens with one attached hydrogen (secondary N) is 1. The third kappa shape index (κ3) is 6.39. The van der Waals surface area contributed by atoms with E-state index in [2.05, 4.69) is 58.0 Å². The van der Waals surface area contributed by atoms with Crippen molar-refractivity contribution < 1.29 is 4.74 Å². The Morgan fingerprint density at radius 2 is 2.22 bits per heavy atom. The van der Waals surface area contributed by atoms with Crippen LogP contribution < -0.4 is 10.2 Å². The lowest BCUT2D eigenvalue weighted by atomic mass is 10.2. The monoisotopic (exact) mass is 505 g/mol. The third-order valence-corrected chi connectivity index (χ3v) is 6.06. The van der Waals surface area contributed by atoms with E-state index in [1.54, 1.807) is 0 Å². The molecule has 1 aromatic rings. The van der Waals surface area contributed by atoms with E-state index in [4.69, 9.17) is 4.74 Å². The number of aromatic nitrogens is 1. The van der Waals surface area contributed by atoms with Crippen LogP contribution in [-0.2, 0) is 11.3 Å². The molecule has 2 aliphatic heterocycles. The van der Waals surface area contributed by atoms with Crippen LogP contribution in [0.4, 0.5) is 5.82 Å². The van der Waals surface area contributed by atoms with E-state index in [0.717, 1.165) is 56.9 Å². The van der Waals surface area contributed by atoms with Gasteiger partial charge in [0.1, 0.15) is 5.82 Å². The van der Waals surface area contributed by atoms with Crippen LogP contribution in [0, 0.1) is 0 Å². The van der Waals surface area contributed by atoms with Gasteiger partial charge in [0.05, 0.1) is 12.7 Å². The molecule has 0 amide bonds. The number of pyridine rings is 1. The predicted octanol–water partition coefficient (Wildman–Crippen LogP) is 2.83. The summed E-state index contributed by atoms with van der Waals surface area (Å²) in [7, 11) is 1.86. The van der Waals surface area contributed by atoms with E-state index in [9.17, 15) is 0 Å². The van der Waals surface area contributed by atoms with E-state index >= 15 is 0 Å². The Balaban J connectivity index is 0.00000261. The molecule has 0 bridgehead atoms. The lowest BCUT2D eigenvalue weighted by Crippen LogP contribution is -2.50. The Hall–Kier alpha value is -0.740. The fraction of sp³-hybridized carbons (Fsp3) is 0.684. The minimum absolute atomic E-state index is 0. The number of ether oxygens (including phenoxy) is 1. The summed E-state index contributed by atoms with van der Waals surface area (Å²) in [6, 6.07) is 4.26. The number of thioether (sulfide) groups is 1. The second-order valence-electron chi connectivity index (χ2n) is 7.58. The molecule has 3 heterocycles. The summed E-state index contributed by atoms with van der Waals surface area (Å²) >= 11 is 2.03. The number of anilines is 1. The zero-order valence-electron chi connectivity index (χ0n) is 16.8. The second kappa shape index (κ2) is 10.2. The Labute approximate surface area is 184 Å². The maximum absolute atomic E-state index is 5.60. The summed E-state index contributed by atoms with van der Waals surface area (Å²) in [6.07, 6.45) is 2.23. The fourth-order valence-electron chi connectivity index (χ4n) is 3.45. The molecular formula is C19H32IN5OS. The first-order valence-electron chi connectivity index (χ1n) is 9.38. The van der Waals surface area contributed by atoms with E-state index in [1.165, 1.54) is 5.56 Å². The third-order valence-electron chi connectivity index (χ3n) is 4.76. The smallest absolute Gasteiger partial charge is 0.193 e. The van der Waals surface area contributed by atoms with Crippen molar-refractivity contribution in [3.8, 4) is 0 Å². The van der Waals surface area contributed by atoms with E-state index < -0.39 is 0 Å². The standard InChI is InChI=1S/C19H31N5OS.HI/c1-15-13-23(7-9-25-15)17-6-5-16(11-21-17)12-22-18(20-4)24-8-10-26-19(2,3)14-24;/h5-6,11,15H,7-10,12-14H2,1-4H3,(H,20,22);1H.